The summed E-state index contributed by atoms with van der Waals surface area (Å²) in [7, 11) is 0. The molecule has 2 heteroatoms. The highest BCUT2D eigenvalue weighted by molar-refractivity contribution is 5.35. The monoisotopic (exact) mass is 316 g/mol. The van der Waals surface area contributed by atoms with Crippen molar-refractivity contribution in [2.75, 3.05) is 0 Å². The molecule has 1 aromatic carbocycles. The van der Waals surface area contributed by atoms with Gasteiger partial charge in [0, 0.05) is 11.5 Å². The van der Waals surface area contributed by atoms with E-state index in [-0.39, 0.29) is 0 Å². The fraction of sp³-hybridized carbons (Fsp3) is 0.619. The molecule has 0 amide bonds. The third kappa shape index (κ3) is 4.34. The zero-order valence-corrected chi connectivity index (χ0v) is 14.0. The van der Waals surface area contributed by atoms with Crippen LogP contribution in [0.3, 0.4) is 0 Å². The average molecular weight is 316 g/mol. The Kier molecular flexibility index (Phi) is 5.36. The summed E-state index contributed by atoms with van der Waals surface area (Å²) in [6.07, 6.45) is 10.5. The van der Waals surface area contributed by atoms with Gasteiger partial charge in [-0.25, -0.2) is 8.78 Å². The van der Waals surface area contributed by atoms with Crippen molar-refractivity contribution in [1.82, 2.24) is 0 Å². The Balaban J connectivity index is 1.51. The predicted octanol–water partition coefficient (Wildman–Crippen LogP) is 5.95. The number of benzene rings is 1. The molecule has 0 N–H and O–H groups in total. The Morgan fingerprint density at radius 1 is 0.826 bits per heavy atom. The fourth-order valence-corrected chi connectivity index (χ4v) is 4.25. The van der Waals surface area contributed by atoms with E-state index in [1.54, 1.807) is 6.07 Å². The minimum Gasteiger partial charge on any atom is -0.204 e. The van der Waals surface area contributed by atoms with Crippen molar-refractivity contribution in [2.45, 2.75) is 58.3 Å². The fourth-order valence-electron chi connectivity index (χ4n) is 4.25. The third-order valence-corrected chi connectivity index (χ3v) is 5.84. The zero-order valence-electron chi connectivity index (χ0n) is 14.0. The van der Waals surface area contributed by atoms with E-state index in [1.807, 2.05) is 0 Å². The first kappa shape index (κ1) is 16.5. The zero-order chi connectivity index (χ0) is 16.2. The molecule has 1 aromatic rings. The summed E-state index contributed by atoms with van der Waals surface area (Å²) in [5.74, 6) is 7.85. The molecule has 0 nitrogen and oxygen atoms in total. The lowest BCUT2D eigenvalue weighted by Crippen LogP contribution is -2.24. The molecule has 0 spiro atoms. The largest absolute Gasteiger partial charge is 0.204 e. The van der Waals surface area contributed by atoms with E-state index < -0.39 is 11.6 Å². The first-order chi connectivity index (χ1) is 11.1. The maximum absolute atomic E-state index is 13.2. The van der Waals surface area contributed by atoms with E-state index in [0.29, 0.717) is 11.5 Å². The Labute approximate surface area is 138 Å². The van der Waals surface area contributed by atoms with Crippen LogP contribution in [0.25, 0.3) is 0 Å². The average Bonchev–Trinajstić information content (AvgIpc) is 2.57. The Hall–Kier alpha value is -1.36. The topological polar surface area (TPSA) is 0 Å². The van der Waals surface area contributed by atoms with Gasteiger partial charge in [-0.3, -0.25) is 0 Å². The minimum absolute atomic E-state index is 0.418. The second kappa shape index (κ2) is 7.47. The van der Waals surface area contributed by atoms with Gasteiger partial charge >= 0.3 is 0 Å². The van der Waals surface area contributed by atoms with E-state index >= 15 is 0 Å². The molecule has 0 unspecified atom stereocenters. The molecule has 23 heavy (non-hydrogen) atoms. The molecular weight excluding hydrogens is 290 g/mol. The van der Waals surface area contributed by atoms with Gasteiger partial charge in [0.2, 0.25) is 0 Å². The molecule has 0 bridgehead atoms. The molecule has 2 aliphatic carbocycles. The van der Waals surface area contributed by atoms with Crippen LogP contribution in [0.15, 0.2) is 18.2 Å². The van der Waals surface area contributed by atoms with E-state index in [2.05, 4.69) is 18.8 Å². The van der Waals surface area contributed by atoms with Gasteiger partial charge < -0.3 is 0 Å². The van der Waals surface area contributed by atoms with Gasteiger partial charge in [-0.15, -0.1) is 0 Å². The number of rotatable bonds is 1. The summed E-state index contributed by atoms with van der Waals surface area (Å²) in [4.78, 5) is 0. The van der Waals surface area contributed by atoms with Crippen molar-refractivity contribution in [2.24, 2.45) is 23.7 Å². The SMILES string of the molecule is C[C@H]1CC[C@H](C2CCC(C#Cc3ccc(F)c(F)c3)CC2)CC1. The van der Waals surface area contributed by atoms with E-state index in [0.717, 1.165) is 36.7 Å². The summed E-state index contributed by atoms with van der Waals surface area (Å²) in [6, 6.07) is 3.90. The summed E-state index contributed by atoms with van der Waals surface area (Å²) in [6.45, 7) is 2.38. The molecule has 0 aliphatic heterocycles. The Morgan fingerprint density at radius 3 is 2.04 bits per heavy atom. The molecule has 0 aromatic heterocycles. The smallest absolute Gasteiger partial charge is 0.160 e. The van der Waals surface area contributed by atoms with Crippen LogP contribution in [0.5, 0.6) is 0 Å². The van der Waals surface area contributed by atoms with Crippen molar-refractivity contribution in [1.29, 1.82) is 0 Å². The Morgan fingerprint density at radius 2 is 1.43 bits per heavy atom. The van der Waals surface area contributed by atoms with Crippen LogP contribution in [0, 0.1) is 47.1 Å². The molecule has 2 fully saturated rings. The molecule has 2 aliphatic rings. The summed E-state index contributed by atoms with van der Waals surface area (Å²) in [5, 5.41) is 0. The van der Waals surface area contributed by atoms with Crippen molar-refractivity contribution in [3.63, 3.8) is 0 Å². The van der Waals surface area contributed by atoms with Gasteiger partial charge in [0.25, 0.3) is 0 Å². The van der Waals surface area contributed by atoms with Crippen LogP contribution >= 0.6 is 0 Å². The van der Waals surface area contributed by atoms with Gasteiger partial charge in [0.05, 0.1) is 0 Å². The van der Waals surface area contributed by atoms with Gasteiger partial charge in [-0.05, 0) is 74.5 Å². The highest BCUT2D eigenvalue weighted by Crippen LogP contribution is 2.41. The number of hydrogen-bond acceptors (Lipinski definition) is 0. The van der Waals surface area contributed by atoms with Gasteiger partial charge in [-0.1, -0.05) is 31.6 Å². The third-order valence-electron chi connectivity index (χ3n) is 5.84. The maximum Gasteiger partial charge on any atom is 0.160 e. The predicted molar refractivity (Wildman–Crippen MR) is 89.8 cm³/mol. The second-order valence-corrected chi connectivity index (χ2v) is 7.53. The maximum atomic E-state index is 13.2. The quantitative estimate of drug-likeness (QED) is 0.562. The van der Waals surface area contributed by atoms with Crippen LogP contribution in [0.4, 0.5) is 8.78 Å². The van der Waals surface area contributed by atoms with Crippen LogP contribution in [-0.4, -0.2) is 0 Å². The first-order valence-corrected chi connectivity index (χ1v) is 9.08. The van der Waals surface area contributed by atoms with Crippen LogP contribution in [-0.2, 0) is 0 Å². The van der Waals surface area contributed by atoms with Crippen molar-refractivity contribution < 1.29 is 8.78 Å². The number of halogens is 2. The van der Waals surface area contributed by atoms with Crippen LogP contribution in [0.2, 0.25) is 0 Å². The lowest BCUT2D eigenvalue weighted by atomic mass is 9.69. The molecule has 0 saturated heterocycles. The lowest BCUT2D eigenvalue weighted by Gasteiger charge is -2.36. The second-order valence-electron chi connectivity index (χ2n) is 7.53. The molecule has 3 rings (SSSR count). The number of hydrogen-bond donors (Lipinski definition) is 0. The highest BCUT2D eigenvalue weighted by Gasteiger charge is 2.29. The lowest BCUT2D eigenvalue weighted by molar-refractivity contribution is 0.162. The molecule has 0 radical (unpaired) electrons. The van der Waals surface area contributed by atoms with E-state index in [4.69, 9.17) is 0 Å². The van der Waals surface area contributed by atoms with Gasteiger partial charge in [0.1, 0.15) is 0 Å². The van der Waals surface area contributed by atoms with E-state index in [9.17, 15) is 8.78 Å². The summed E-state index contributed by atoms with van der Waals surface area (Å²) in [5.41, 5.74) is 0.576. The van der Waals surface area contributed by atoms with Crippen molar-refractivity contribution in [3.05, 3.63) is 35.4 Å². The minimum atomic E-state index is -0.813. The molecule has 0 heterocycles. The molecular formula is C21H26F2. The highest BCUT2D eigenvalue weighted by atomic mass is 19.2. The normalized spacial score (nSPS) is 31.3. The van der Waals surface area contributed by atoms with Gasteiger partial charge in [0.15, 0.2) is 11.6 Å². The van der Waals surface area contributed by atoms with Crippen molar-refractivity contribution in [3.8, 4) is 11.8 Å². The van der Waals surface area contributed by atoms with Crippen LogP contribution < -0.4 is 0 Å². The van der Waals surface area contributed by atoms with E-state index in [1.165, 1.54) is 44.6 Å². The Bertz CT molecular complexity index is 580. The molecule has 2 saturated carbocycles. The summed E-state index contributed by atoms with van der Waals surface area (Å²) < 4.78 is 26.1. The standard InChI is InChI=1S/C21H26F2/c1-15-2-9-18(10-3-15)19-11-6-16(7-12-19)4-5-17-8-13-20(22)21(23)14-17/h8,13-16,18-19H,2-3,6-7,9-12H2,1H3/t15-,16?,18-,19?. The molecule has 124 valence electrons. The summed E-state index contributed by atoms with van der Waals surface area (Å²) >= 11 is 0. The van der Waals surface area contributed by atoms with Gasteiger partial charge in [-0.2, -0.15) is 0 Å². The van der Waals surface area contributed by atoms with Crippen molar-refractivity contribution >= 4 is 0 Å². The van der Waals surface area contributed by atoms with Crippen LogP contribution in [0.1, 0.15) is 63.9 Å². The molecule has 0 atom stereocenters. The first-order valence-electron chi connectivity index (χ1n) is 9.08.